The van der Waals surface area contributed by atoms with Gasteiger partial charge in [0.15, 0.2) is 0 Å². The Bertz CT molecular complexity index is 186. The van der Waals surface area contributed by atoms with Crippen LogP contribution in [0.1, 0.15) is 39.5 Å². The Labute approximate surface area is 93.9 Å². The minimum atomic E-state index is 0.00407. The van der Waals surface area contributed by atoms with Gasteiger partial charge in [-0.2, -0.15) is 0 Å². The lowest BCUT2D eigenvalue weighted by Crippen LogP contribution is -2.48. The summed E-state index contributed by atoms with van der Waals surface area (Å²) in [5.74, 6) is 0. The number of aliphatic hydroxyl groups excluding tert-OH is 1. The number of nitrogens with zero attached hydrogens (tertiary/aromatic N) is 1. The van der Waals surface area contributed by atoms with Crippen LogP contribution in [0.15, 0.2) is 0 Å². The van der Waals surface area contributed by atoms with E-state index < -0.39 is 0 Å². The molecule has 0 saturated heterocycles. The minimum Gasteiger partial charge on any atom is -0.394 e. The van der Waals surface area contributed by atoms with E-state index in [1.54, 1.807) is 0 Å². The molecule has 1 saturated carbocycles. The molecule has 0 aromatic carbocycles. The van der Waals surface area contributed by atoms with Gasteiger partial charge in [-0.15, -0.1) is 0 Å². The van der Waals surface area contributed by atoms with E-state index in [-0.39, 0.29) is 12.1 Å². The Hall–Kier alpha value is -0.120. The minimum absolute atomic E-state index is 0.00407. The monoisotopic (exact) mass is 214 g/mol. The molecule has 0 aromatic rings. The summed E-state index contributed by atoms with van der Waals surface area (Å²) >= 11 is 0. The highest BCUT2D eigenvalue weighted by Crippen LogP contribution is 2.32. The second kappa shape index (κ2) is 5.83. The van der Waals surface area contributed by atoms with Crippen molar-refractivity contribution in [2.24, 2.45) is 0 Å². The van der Waals surface area contributed by atoms with Crippen LogP contribution in [-0.2, 0) is 0 Å². The van der Waals surface area contributed by atoms with Crippen molar-refractivity contribution >= 4 is 0 Å². The van der Waals surface area contributed by atoms with Gasteiger partial charge in [0.1, 0.15) is 0 Å². The smallest absolute Gasteiger partial charge is 0.0613 e. The number of hydrogen-bond acceptors (Lipinski definition) is 3. The van der Waals surface area contributed by atoms with Gasteiger partial charge in [0.25, 0.3) is 0 Å². The van der Waals surface area contributed by atoms with Gasteiger partial charge in [-0.05, 0) is 45.8 Å². The van der Waals surface area contributed by atoms with Gasteiger partial charge < -0.3 is 15.3 Å². The number of rotatable bonds is 6. The zero-order valence-corrected chi connectivity index (χ0v) is 10.4. The first kappa shape index (κ1) is 12.9. The van der Waals surface area contributed by atoms with Crippen LogP contribution >= 0.6 is 0 Å². The first-order valence-corrected chi connectivity index (χ1v) is 6.23. The molecule has 1 aliphatic rings. The molecular weight excluding hydrogens is 188 g/mol. The summed E-state index contributed by atoms with van der Waals surface area (Å²) in [5, 5.41) is 13.1. The highest BCUT2D eigenvalue weighted by atomic mass is 16.3. The molecule has 2 atom stereocenters. The summed E-state index contributed by atoms with van der Waals surface area (Å²) in [4.78, 5) is 2.39. The van der Waals surface area contributed by atoms with E-state index in [4.69, 9.17) is 0 Å². The second-order valence-corrected chi connectivity index (χ2v) is 4.84. The van der Waals surface area contributed by atoms with Crippen molar-refractivity contribution in [1.29, 1.82) is 0 Å². The van der Waals surface area contributed by atoms with Crippen molar-refractivity contribution in [1.82, 2.24) is 10.2 Å². The van der Waals surface area contributed by atoms with Gasteiger partial charge in [-0.25, -0.2) is 0 Å². The zero-order chi connectivity index (χ0) is 11.3. The maximum atomic E-state index is 9.53. The van der Waals surface area contributed by atoms with E-state index in [1.165, 1.54) is 6.42 Å². The molecule has 1 aliphatic carbocycles. The van der Waals surface area contributed by atoms with Gasteiger partial charge >= 0.3 is 0 Å². The van der Waals surface area contributed by atoms with Crippen LogP contribution in [0.3, 0.4) is 0 Å². The standard InChI is InChI=1S/C12H26N2O/c1-4-8-13-12(10-15)7-6-11(9-12)14(3)5-2/h11,13,15H,4-10H2,1-3H3. The number of hydrogen-bond donors (Lipinski definition) is 2. The van der Waals surface area contributed by atoms with Crippen molar-refractivity contribution in [3.63, 3.8) is 0 Å². The average Bonchev–Trinajstić information content (AvgIpc) is 2.70. The predicted octanol–water partition coefficient (Wildman–Crippen LogP) is 1.22. The van der Waals surface area contributed by atoms with E-state index in [0.29, 0.717) is 6.04 Å². The lowest BCUT2D eigenvalue weighted by atomic mass is 9.98. The van der Waals surface area contributed by atoms with E-state index in [2.05, 4.69) is 31.1 Å². The quantitative estimate of drug-likeness (QED) is 0.698. The molecule has 2 N–H and O–H groups in total. The Morgan fingerprint density at radius 3 is 2.73 bits per heavy atom. The maximum absolute atomic E-state index is 9.53. The number of aliphatic hydroxyl groups is 1. The maximum Gasteiger partial charge on any atom is 0.0613 e. The van der Waals surface area contributed by atoms with Crippen molar-refractivity contribution in [2.75, 3.05) is 26.7 Å². The van der Waals surface area contributed by atoms with Crippen LogP contribution in [-0.4, -0.2) is 48.3 Å². The van der Waals surface area contributed by atoms with Gasteiger partial charge in [0.05, 0.1) is 6.61 Å². The Kier molecular flexibility index (Phi) is 5.03. The molecule has 0 heterocycles. The summed E-state index contributed by atoms with van der Waals surface area (Å²) in [6.07, 6.45) is 4.55. The van der Waals surface area contributed by atoms with Gasteiger partial charge in [0.2, 0.25) is 0 Å². The van der Waals surface area contributed by atoms with E-state index >= 15 is 0 Å². The third-order valence-electron chi connectivity index (χ3n) is 3.76. The highest BCUT2D eigenvalue weighted by molar-refractivity contribution is 4.98. The Balaban J connectivity index is 2.48. The highest BCUT2D eigenvalue weighted by Gasteiger charge is 2.39. The first-order chi connectivity index (χ1) is 7.17. The van der Waals surface area contributed by atoms with Crippen molar-refractivity contribution in [3.05, 3.63) is 0 Å². The molecular formula is C12H26N2O. The fraction of sp³-hybridized carbons (Fsp3) is 1.00. The summed E-state index contributed by atoms with van der Waals surface area (Å²) in [7, 11) is 2.18. The number of nitrogens with one attached hydrogen (secondary N) is 1. The molecule has 0 spiro atoms. The van der Waals surface area contributed by atoms with Crippen LogP contribution in [0.25, 0.3) is 0 Å². The summed E-state index contributed by atoms with van der Waals surface area (Å²) < 4.78 is 0. The van der Waals surface area contributed by atoms with Crippen LogP contribution in [0.2, 0.25) is 0 Å². The van der Waals surface area contributed by atoms with Crippen molar-refractivity contribution in [2.45, 2.75) is 51.1 Å². The summed E-state index contributed by atoms with van der Waals surface area (Å²) in [6.45, 7) is 6.76. The summed E-state index contributed by atoms with van der Waals surface area (Å²) in [6, 6.07) is 0.645. The molecule has 3 nitrogen and oxygen atoms in total. The molecule has 1 fully saturated rings. The van der Waals surface area contributed by atoms with Gasteiger partial charge in [0, 0.05) is 11.6 Å². The molecule has 90 valence electrons. The van der Waals surface area contributed by atoms with Crippen LogP contribution < -0.4 is 5.32 Å². The SMILES string of the molecule is CCCNC1(CO)CCC(N(C)CC)C1. The third kappa shape index (κ3) is 3.16. The predicted molar refractivity (Wildman–Crippen MR) is 64.1 cm³/mol. The molecule has 0 bridgehead atoms. The first-order valence-electron chi connectivity index (χ1n) is 6.23. The van der Waals surface area contributed by atoms with Gasteiger partial charge in [-0.1, -0.05) is 13.8 Å². The molecule has 0 aromatic heterocycles. The Morgan fingerprint density at radius 2 is 2.20 bits per heavy atom. The molecule has 1 rings (SSSR count). The van der Waals surface area contributed by atoms with E-state index in [1.807, 2.05) is 0 Å². The fourth-order valence-corrected chi connectivity index (χ4v) is 2.48. The lowest BCUT2D eigenvalue weighted by molar-refractivity contribution is 0.152. The molecule has 15 heavy (non-hydrogen) atoms. The summed E-state index contributed by atoms with van der Waals surface area (Å²) in [5.41, 5.74) is 0.00407. The fourth-order valence-electron chi connectivity index (χ4n) is 2.48. The molecule has 0 radical (unpaired) electrons. The molecule has 0 amide bonds. The van der Waals surface area contributed by atoms with Crippen molar-refractivity contribution in [3.8, 4) is 0 Å². The largest absolute Gasteiger partial charge is 0.394 e. The molecule has 2 unspecified atom stereocenters. The zero-order valence-electron chi connectivity index (χ0n) is 10.4. The average molecular weight is 214 g/mol. The molecule has 0 aliphatic heterocycles. The van der Waals surface area contributed by atoms with Gasteiger partial charge in [-0.3, -0.25) is 0 Å². The third-order valence-corrected chi connectivity index (χ3v) is 3.76. The van der Waals surface area contributed by atoms with Crippen molar-refractivity contribution < 1.29 is 5.11 Å². The van der Waals surface area contributed by atoms with E-state index in [0.717, 1.165) is 32.4 Å². The Morgan fingerprint density at radius 1 is 1.47 bits per heavy atom. The normalized spacial score (nSPS) is 31.4. The topological polar surface area (TPSA) is 35.5 Å². The van der Waals surface area contributed by atoms with Crippen LogP contribution in [0.5, 0.6) is 0 Å². The van der Waals surface area contributed by atoms with E-state index in [9.17, 15) is 5.11 Å². The van der Waals surface area contributed by atoms with Crippen LogP contribution in [0, 0.1) is 0 Å². The lowest BCUT2D eigenvalue weighted by Gasteiger charge is -2.30. The molecule has 3 heteroatoms. The second-order valence-electron chi connectivity index (χ2n) is 4.84. The van der Waals surface area contributed by atoms with Crippen LogP contribution in [0.4, 0.5) is 0 Å².